The summed E-state index contributed by atoms with van der Waals surface area (Å²) in [6.07, 6.45) is 3.39. The molecule has 1 saturated carbocycles. The van der Waals surface area contributed by atoms with Crippen LogP contribution < -0.4 is 0 Å². The van der Waals surface area contributed by atoms with Gasteiger partial charge < -0.3 is 4.74 Å². The Balaban J connectivity index is 2.18. The second-order valence-electron chi connectivity index (χ2n) is 3.42. The maximum Gasteiger partial charge on any atom is 0.0808 e. The zero-order valence-corrected chi connectivity index (χ0v) is 7.26. The summed E-state index contributed by atoms with van der Waals surface area (Å²) < 4.78 is 5.49. The van der Waals surface area contributed by atoms with Crippen LogP contribution in [0.1, 0.15) is 33.1 Å². The summed E-state index contributed by atoms with van der Waals surface area (Å²) in [6, 6.07) is 2.31. The lowest BCUT2D eigenvalue weighted by Crippen LogP contribution is -2.14. The van der Waals surface area contributed by atoms with Crippen molar-refractivity contribution in [2.75, 3.05) is 6.61 Å². The topological polar surface area (TPSA) is 33.0 Å². The third-order valence-corrected chi connectivity index (χ3v) is 2.31. The summed E-state index contributed by atoms with van der Waals surface area (Å²) in [5, 5.41) is 8.71. The van der Waals surface area contributed by atoms with Gasteiger partial charge in [0.05, 0.1) is 24.2 Å². The smallest absolute Gasteiger partial charge is 0.0808 e. The summed E-state index contributed by atoms with van der Waals surface area (Å²) in [4.78, 5) is 0. The van der Waals surface area contributed by atoms with Crippen LogP contribution >= 0.6 is 0 Å². The second-order valence-corrected chi connectivity index (χ2v) is 3.42. The molecule has 0 N–H and O–H groups in total. The van der Waals surface area contributed by atoms with E-state index in [1.54, 1.807) is 0 Å². The standard InChI is InChI=1S/C9H15NO/c1-3-8(2)11-7-9(6-10)4-5-9/h8H,3-5,7H2,1-2H3. The Hall–Kier alpha value is -0.550. The van der Waals surface area contributed by atoms with Crippen LogP contribution in [-0.2, 0) is 4.74 Å². The van der Waals surface area contributed by atoms with Crippen molar-refractivity contribution in [2.24, 2.45) is 5.41 Å². The number of rotatable bonds is 4. The van der Waals surface area contributed by atoms with Crippen LogP contribution in [-0.4, -0.2) is 12.7 Å². The van der Waals surface area contributed by atoms with E-state index in [1.807, 2.05) is 6.92 Å². The van der Waals surface area contributed by atoms with Crippen molar-refractivity contribution in [2.45, 2.75) is 39.2 Å². The maximum absolute atomic E-state index is 8.71. The van der Waals surface area contributed by atoms with Gasteiger partial charge in [0.1, 0.15) is 0 Å². The van der Waals surface area contributed by atoms with E-state index in [4.69, 9.17) is 10.00 Å². The molecule has 1 unspecified atom stereocenters. The molecule has 1 aliphatic rings. The molecule has 1 fully saturated rings. The second kappa shape index (κ2) is 3.23. The lowest BCUT2D eigenvalue weighted by Gasteiger charge is -2.12. The minimum Gasteiger partial charge on any atom is -0.377 e. The fraction of sp³-hybridized carbons (Fsp3) is 0.889. The molecule has 0 aromatic carbocycles. The zero-order valence-electron chi connectivity index (χ0n) is 7.26. The third kappa shape index (κ3) is 2.20. The SMILES string of the molecule is CCC(C)OCC1(C#N)CC1. The number of nitriles is 1. The van der Waals surface area contributed by atoms with Crippen LogP contribution in [0, 0.1) is 16.7 Å². The molecule has 0 aromatic rings. The van der Waals surface area contributed by atoms with Crippen LogP contribution in [0.2, 0.25) is 0 Å². The highest BCUT2D eigenvalue weighted by atomic mass is 16.5. The Morgan fingerprint density at radius 2 is 2.27 bits per heavy atom. The largest absolute Gasteiger partial charge is 0.377 e. The Labute approximate surface area is 68.2 Å². The van der Waals surface area contributed by atoms with Crippen molar-refractivity contribution in [3.05, 3.63) is 0 Å². The Bertz CT molecular complexity index is 167. The van der Waals surface area contributed by atoms with E-state index in [9.17, 15) is 0 Å². The molecule has 0 heterocycles. The van der Waals surface area contributed by atoms with Gasteiger partial charge in [0.15, 0.2) is 0 Å². The van der Waals surface area contributed by atoms with Crippen molar-refractivity contribution in [1.29, 1.82) is 5.26 Å². The first-order chi connectivity index (χ1) is 5.22. The fourth-order valence-corrected chi connectivity index (χ4v) is 0.859. The molecule has 0 amide bonds. The summed E-state index contributed by atoms with van der Waals surface area (Å²) in [5.41, 5.74) is -0.0938. The van der Waals surface area contributed by atoms with Gasteiger partial charge in [0.25, 0.3) is 0 Å². The van der Waals surface area contributed by atoms with Gasteiger partial charge in [-0.25, -0.2) is 0 Å². The highest BCUT2D eigenvalue weighted by Gasteiger charge is 2.43. The van der Waals surface area contributed by atoms with Gasteiger partial charge >= 0.3 is 0 Å². The molecule has 2 heteroatoms. The molecule has 0 radical (unpaired) electrons. The summed E-state index contributed by atoms with van der Waals surface area (Å²) in [7, 11) is 0. The average Bonchev–Trinajstić information content (AvgIpc) is 2.81. The van der Waals surface area contributed by atoms with Gasteiger partial charge in [-0.3, -0.25) is 0 Å². The molecule has 0 aromatic heterocycles. The van der Waals surface area contributed by atoms with Crippen LogP contribution in [0.4, 0.5) is 0 Å². The number of nitrogens with zero attached hydrogens (tertiary/aromatic N) is 1. The minimum absolute atomic E-state index is 0.0938. The predicted octanol–water partition coefficient (Wildman–Crippen LogP) is 2.11. The van der Waals surface area contributed by atoms with Crippen molar-refractivity contribution >= 4 is 0 Å². The molecule has 1 aliphatic carbocycles. The van der Waals surface area contributed by atoms with Crippen LogP contribution in [0.3, 0.4) is 0 Å². The quantitative estimate of drug-likeness (QED) is 0.619. The van der Waals surface area contributed by atoms with E-state index < -0.39 is 0 Å². The summed E-state index contributed by atoms with van der Waals surface area (Å²) in [5.74, 6) is 0. The summed E-state index contributed by atoms with van der Waals surface area (Å²) >= 11 is 0. The van der Waals surface area contributed by atoms with Crippen molar-refractivity contribution in [3.8, 4) is 6.07 Å². The molecule has 0 aliphatic heterocycles. The molecule has 0 bridgehead atoms. The molecular formula is C9H15NO. The maximum atomic E-state index is 8.71. The van der Waals surface area contributed by atoms with E-state index in [0.717, 1.165) is 19.3 Å². The highest BCUT2D eigenvalue weighted by Crippen LogP contribution is 2.45. The van der Waals surface area contributed by atoms with Crippen molar-refractivity contribution in [3.63, 3.8) is 0 Å². The lowest BCUT2D eigenvalue weighted by atomic mass is 10.1. The minimum atomic E-state index is -0.0938. The van der Waals surface area contributed by atoms with Crippen molar-refractivity contribution < 1.29 is 4.74 Å². The molecule has 62 valence electrons. The molecule has 11 heavy (non-hydrogen) atoms. The van der Waals surface area contributed by atoms with E-state index in [-0.39, 0.29) is 5.41 Å². The van der Waals surface area contributed by atoms with Gasteiger partial charge in [-0.15, -0.1) is 0 Å². The first kappa shape index (κ1) is 8.55. The Kier molecular flexibility index (Phi) is 2.51. The predicted molar refractivity (Wildman–Crippen MR) is 43.0 cm³/mol. The van der Waals surface area contributed by atoms with E-state index in [0.29, 0.717) is 12.7 Å². The zero-order chi connectivity index (χ0) is 8.32. The normalized spacial score (nSPS) is 22.3. The number of hydrogen-bond donors (Lipinski definition) is 0. The molecule has 0 saturated heterocycles. The van der Waals surface area contributed by atoms with Gasteiger partial charge in [0, 0.05) is 0 Å². The lowest BCUT2D eigenvalue weighted by molar-refractivity contribution is 0.0434. The molecular weight excluding hydrogens is 138 g/mol. The Morgan fingerprint density at radius 3 is 2.64 bits per heavy atom. The van der Waals surface area contributed by atoms with Crippen molar-refractivity contribution in [1.82, 2.24) is 0 Å². The summed E-state index contributed by atoms with van der Waals surface area (Å²) in [6.45, 7) is 4.78. The van der Waals surface area contributed by atoms with Gasteiger partial charge in [-0.2, -0.15) is 5.26 Å². The third-order valence-electron chi connectivity index (χ3n) is 2.31. The molecule has 1 rings (SSSR count). The average molecular weight is 153 g/mol. The highest BCUT2D eigenvalue weighted by molar-refractivity contribution is 5.09. The first-order valence-corrected chi connectivity index (χ1v) is 4.25. The Morgan fingerprint density at radius 1 is 1.64 bits per heavy atom. The van der Waals surface area contributed by atoms with Crippen LogP contribution in [0.25, 0.3) is 0 Å². The molecule has 2 nitrogen and oxygen atoms in total. The van der Waals surface area contributed by atoms with Gasteiger partial charge in [-0.05, 0) is 26.2 Å². The number of ether oxygens (including phenoxy) is 1. The van der Waals surface area contributed by atoms with Gasteiger partial charge in [0.2, 0.25) is 0 Å². The molecule has 0 spiro atoms. The monoisotopic (exact) mass is 153 g/mol. The number of hydrogen-bond acceptors (Lipinski definition) is 2. The first-order valence-electron chi connectivity index (χ1n) is 4.25. The van der Waals surface area contributed by atoms with Crippen LogP contribution in [0.5, 0.6) is 0 Å². The fourth-order valence-electron chi connectivity index (χ4n) is 0.859. The van der Waals surface area contributed by atoms with E-state index >= 15 is 0 Å². The van der Waals surface area contributed by atoms with Crippen LogP contribution in [0.15, 0.2) is 0 Å². The van der Waals surface area contributed by atoms with E-state index in [2.05, 4.69) is 13.0 Å². The molecule has 1 atom stereocenters. The van der Waals surface area contributed by atoms with E-state index in [1.165, 1.54) is 0 Å². The van der Waals surface area contributed by atoms with Gasteiger partial charge in [-0.1, -0.05) is 6.92 Å².